The number of rotatable bonds is 8. The Morgan fingerprint density at radius 1 is 1.00 bits per heavy atom. The summed E-state index contributed by atoms with van der Waals surface area (Å²) in [5, 5.41) is 11.9. The van der Waals surface area contributed by atoms with E-state index in [2.05, 4.69) is 22.9 Å². The Morgan fingerprint density at radius 3 is 2.26 bits per heavy atom. The number of carbonyl (C=O) groups excluding carboxylic acids is 2. The second-order valence-electron chi connectivity index (χ2n) is 8.84. The van der Waals surface area contributed by atoms with Crippen molar-refractivity contribution in [1.29, 1.82) is 0 Å². The van der Waals surface area contributed by atoms with Gasteiger partial charge in [0.1, 0.15) is 6.61 Å². The summed E-state index contributed by atoms with van der Waals surface area (Å²) in [6.45, 7) is 0.437. The number of aliphatic carboxylic acids is 1. The molecule has 2 fully saturated rings. The van der Waals surface area contributed by atoms with Crippen LogP contribution in [0.2, 0.25) is 0 Å². The number of hydroxylamine groups is 1. The van der Waals surface area contributed by atoms with E-state index in [1.54, 1.807) is 0 Å². The number of fused-ring (bicyclic) bond motifs is 3. The lowest BCUT2D eigenvalue weighted by Gasteiger charge is -2.21. The summed E-state index contributed by atoms with van der Waals surface area (Å²) >= 11 is 0. The number of ether oxygens (including phenoxy) is 2. The van der Waals surface area contributed by atoms with Crippen LogP contribution in [0.3, 0.4) is 0 Å². The van der Waals surface area contributed by atoms with Gasteiger partial charge in [-0.25, -0.2) is 15.1 Å². The molecular weight excluding hydrogens is 440 g/mol. The van der Waals surface area contributed by atoms with Crippen molar-refractivity contribution in [1.82, 2.24) is 10.8 Å². The van der Waals surface area contributed by atoms with Crippen LogP contribution < -0.4 is 10.8 Å². The molecule has 3 atom stereocenters. The smallest absolute Gasteiger partial charge is 0.407 e. The maximum absolute atomic E-state index is 12.6. The molecule has 1 saturated heterocycles. The van der Waals surface area contributed by atoms with Crippen LogP contribution in [-0.2, 0) is 23.9 Å². The van der Waals surface area contributed by atoms with Crippen molar-refractivity contribution >= 4 is 18.0 Å². The molecule has 2 aliphatic carbocycles. The molecule has 178 valence electrons. The summed E-state index contributed by atoms with van der Waals surface area (Å²) < 4.78 is 11.0. The van der Waals surface area contributed by atoms with Gasteiger partial charge in [-0.1, -0.05) is 48.5 Å². The highest BCUT2D eigenvalue weighted by Crippen LogP contribution is 2.44. The van der Waals surface area contributed by atoms with Crippen molar-refractivity contribution in [2.45, 2.75) is 43.4 Å². The van der Waals surface area contributed by atoms with Crippen LogP contribution >= 0.6 is 0 Å². The molecule has 1 heterocycles. The van der Waals surface area contributed by atoms with Crippen LogP contribution in [0.1, 0.15) is 36.3 Å². The molecule has 3 N–H and O–H groups in total. The summed E-state index contributed by atoms with van der Waals surface area (Å²) in [7, 11) is 0. The summed E-state index contributed by atoms with van der Waals surface area (Å²) in [6.07, 6.45) is -0.796. The van der Waals surface area contributed by atoms with E-state index in [0.717, 1.165) is 35.1 Å². The highest BCUT2D eigenvalue weighted by molar-refractivity contribution is 5.82. The summed E-state index contributed by atoms with van der Waals surface area (Å²) in [5.74, 6) is -1.92. The molecular formula is C25H26N2O7. The van der Waals surface area contributed by atoms with Crippen LogP contribution in [0.4, 0.5) is 4.79 Å². The first-order chi connectivity index (χ1) is 16.5. The van der Waals surface area contributed by atoms with Gasteiger partial charge in [-0.3, -0.25) is 9.63 Å². The molecule has 0 aromatic heterocycles. The van der Waals surface area contributed by atoms with E-state index >= 15 is 0 Å². The quantitative estimate of drug-likeness (QED) is 0.511. The van der Waals surface area contributed by atoms with Crippen molar-refractivity contribution in [3.05, 3.63) is 59.7 Å². The van der Waals surface area contributed by atoms with Gasteiger partial charge in [-0.15, -0.1) is 0 Å². The van der Waals surface area contributed by atoms with E-state index in [1.165, 1.54) is 0 Å². The van der Waals surface area contributed by atoms with E-state index in [9.17, 15) is 19.5 Å². The number of alkyl carbamates (subject to hydrolysis) is 1. The second kappa shape index (κ2) is 9.44. The lowest BCUT2D eigenvalue weighted by Crippen LogP contribution is -2.49. The van der Waals surface area contributed by atoms with Gasteiger partial charge >= 0.3 is 12.1 Å². The predicted octanol–water partition coefficient (Wildman–Crippen LogP) is 2.59. The number of carboxylic acid groups (broad SMARTS) is 1. The molecule has 2 amide bonds. The fourth-order valence-corrected chi connectivity index (χ4v) is 4.71. The Bertz CT molecular complexity index is 1050. The maximum Gasteiger partial charge on any atom is 0.407 e. The molecule has 1 aliphatic heterocycles. The first-order valence-corrected chi connectivity index (χ1v) is 11.4. The SMILES string of the molecule is O=C(N[C@H]1CCO[C@H]1C(=O)NOC(C(=O)O)C1CC1)OCC1c2ccccc2-c2ccccc21. The average Bonchev–Trinajstić information content (AvgIpc) is 3.47. The third-order valence-corrected chi connectivity index (χ3v) is 6.58. The summed E-state index contributed by atoms with van der Waals surface area (Å²) in [4.78, 5) is 41.5. The van der Waals surface area contributed by atoms with Gasteiger partial charge in [0, 0.05) is 12.5 Å². The largest absolute Gasteiger partial charge is 0.479 e. The van der Waals surface area contributed by atoms with E-state index in [-0.39, 0.29) is 25.0 Å². The molecule has 2 aromatic carbocycles. The van der Waals surface area contributed by atoms with E-state index < -0.39 is 36.2 Å². The molecule has 0 bridgehead atoms. The number of nitrogens with one attached hydrogen (secondary N) is 2. The summed E-state index contributed by atoms with van der Waals surface area (Å²) in [5.41, 5.74) is 6.69. The maximum atomic E-state index is 12.6. The topological polar surface area (TPSA) is 123 Å². The Morgan fingerprint density at radius 2 is 1.65 bits per heavy atom. The predicted molar refractivity (Wildman–Crippen MR) is 120 cm³/mol. The molecule has 0 spiro atoms. The fraction of sp³-hybridized carbons (Fsp3) is 0.400. The minimum absolute atomic E-state index is 0.0687. The van der Waals surface area contributed by atoms with Gasteiger partial charge in [-0.05, 0) is 47.4 Å². The lowest BCUT2D eigenvalue weighted by molar-refractivity contribution is -0.165. The number of carboxylic acids is 1. The van der Waals surface area contributed by atoms with Crippen LogP contribution in [0.15, 0.2) is 48.5 Å². The van der Waals surface area contributed by atoms with Crippen LogP contribution in [0.25, 0.3) is 11.1 Å². The lowest BCUT2D eigenvalue weighted by atomic mass is 9.98. The van der Waals surface area contributed by atoms with Gasteiger partial charge < -0.3 is 19.9 Å². The minimum atomic E-state index is -1.12. The highest BCUT2D eigenvalue weighted by Gasteiger charge is 2.40. The zero-order chi connectivity index (χ0) is 23.7. The third kappa shape index (κ3) is 4.49. The fourth-order valence-electron chi connectivity index (χ4n) is 4.71. The van der Waals surface area contributed by atoms with Crippen molar-refractivity contribution in [2.75, 3.05) is 13.2 Å². The number of amides is 2. The Balaban J connectivity index is 1.16. The Labute approximate surface area is 196 Å². The number of benzene rings is 2. The number of hydrogen-bond acceptors (Lipinski definition) is 6. The molecule has 2 aromatic rings. The normalized spacial score (nSPS) is 21.9. The molecule has 34 heavy (non-hydrogen) atoms. The monoisotopic (exact) mass is 466 g/mol. The van der Waals surface area contributed by atoms with Crippen molar-refractivity contribution in [3.8, 4) is 11.1 Å². The zero-order valence-corrected chi connectivity index (χ0v) is 18.4. The Hall–Kier alpha value is -3.43. The van der Waals surface area contributed by atoms with E-state index in [0.29, 0.717) is 6.42 Å². The van der Waals surface area contributed by atoms with Gasteiger partial charge in [0.2, 0.25) is 0 Å². The molecule has 9 nitrogen and oxygen atoms in total. The van der Waals surface area contributed by atoms with Gasteiger partial charge in [0.25, 0.3) is 5.91 Å². The second-order valence-corrected chi connectivity index (χ2v) is 8.84. The molecule has 0 radical (unpaired) electrons. The van der Waals surface area contributed by atoms with Gasteiger partial charge in [0.05, 0.1) is 6.04 Å². The average molecular weight is 466 g/mol. The Kier molecular flexibility index (Phi) is 6.21. The zero-order valence-electron chi connectivity index (χ0n) is 18.4. The van der Waals surface area contributed by atoms with E-state index in [1.807, 2.05) is 36.4 Å². The van der Waals surface area contributed by atoms with Crippen molar-refractivity contribution < 1.29 is 33.8 Å². The number of carbonyl (C=O) groups is 3. The molecule has 9 heteroatoms. The van der Waals surface area contributed by atoms with Gasteiger partial charge in [0.15, 0.2) is 12.2 Å². The number of hydrogen-bond donors (Lipinski definition) is 3. The first kappa shape index (κ1) is 22.4. The van der Waals surface area contributed by atoms with Crippen molar-refractivity contribution in [2.24, 2.45) is 5.92 Å². The van der Waals surface area contributed by atoms with Crippen LogP contribution in [-0.4, -0.2) is 54.5 Å². The molecule has 5 rings (SSSR count). The summed E-state index contributed by atoms with van der Waals surface area (Å²) in [6, 6.07) is 15.5. The first-order valence-electron chi connectivity index (χ1n) is 11.4. The van der Waals surface area contributed by atoms with Crippen molar-refractivity contribution in [3.63, 3.8) is 0 Å². The standard InChI is InChI=1S/C25H26N2O7/c28-23(27-34-21(24(29)30)14-9-10-14)22-20(11-12-32-22)26-25(31)33-13-19-17-7-3-1-5-15(17)16-6-2-4-8-18(16)19/h1-8,14,19-22H,9-13H2,(H,26,31)(H,27,28)(H,29,30)/t20-,21?,22+/m0/s1. The van der Waals surface area contributed by atoms with E-state index in [4.69, 9.17) is 14.3 Å². The van der Waals surface area contributed by atoms with Crippen LogP contribution in [0.5, 0.6) is 0 Å². The molecule has 1 unspecified atom stereocenters. The third-order valence-electron chi connectivity index (χ3n) is 6.58. The minimum Gasteiger partial charge on any atom is -0.479 e. The van der Waals surface area contributed by atoms with Crippen LogP contribution in [0, 0.1) is 5.92 Å². The molecule has 3 aliphatic rings. The van der Waals surface area contributed by atoms with Gasteiger partial charge in [-0.2, -0.15) is 0 Å². The molecule has 1 saturated carbocycles. The highest BCUT2D eigenvalue weighted by atomic mass is 16.7.